The molecule has 1 aromatic heterocycles. The Morgan fingerprint density at radius 1 is 1.37 bits per heavy atom. The van der Waals surface area contributed by atoms with Crippen molar-refractivity contribution < 1.29 is 22.7 Å². The number of hydrogen-bond donors (Lipinski definition) is 0. The minimum atomic E-state index is -3.38. The van der Waals surface area contributed by atoms with Gasteiger partial charge in [-0.15, -0.1) is 0 Å². The summed E-state index contributed by atoms with van der Waals surface area (Å²) in [4.78, 5) is 18.3. The zero-order valence-electron chi connectivity index (χ0n) is 16.5. The Kier molecular flexibility index (Phi) is 8.25. The van der Waals surface area contributed by atoms with Crippen LogP contribution in [-0.4, -0.2) is 67.0 Å². The third-order valence-corrected chi connectivity index (χ3v) is 6.36. The van der Waals surface area contributed by atoms with Crippen molar-refractivity contribution in [1.29, 1.82) is 0 Å². The summed E-state index contributed by atoms with van der Waals surface area (Å²) >= 11 is 0. The van der Waals surface area contributed by atoms with Crippen molar-refractivity contribution in [1.82, 2.24) is 14.5 Å². The number of ether oxygens (including phenoxy) is 2. The Labute approximate surface area is 161 Å². The largest absolute Gasteiger partial charge is 0.466 e. The van der Waals surface area contributed by atoms with Crippen LogP contribution >= 0.6 is 0 Å². The molecular weight excluding hydrogens is 370 g/mol. The molecule has 1 aliphatic rings. The minimum Gasteiger partial charge on any atom is -0.466 e. The van der Waals surface area contributed by atoms with Crippen LogP contribution in [0.1, 0.15) is 45.7 Å². The summed E-state index contributed by atoms with van der Waals surface area (Å²) in [5.74, 6) is -0.217. The SMILES string of the molecule is CCCCn1c(CN2CCOCC2CC(=O)OCC)cnc1S(=O)(=O)CC. The molecule has 0 saturated carbocycles. The Hall–Kier alpha value is -1.45. The summed E-state index contributed by atoms with van der Waals surface area (Å²) in [6.45, 7) is 8.72. The van der Waals surface area contributed by atoms with Gasteiger partial charge >= 0.3 is 5.97 Å². The third-order valence-electron chi connectivity index (χ3n) is 4.72. The van der Waals surface area contributed by atoms with E-state index in [2.05, 4.69) is 16.8 Å². The molecule has 1 aromatic rings. The Morgan fingerprint density at radius 2 is 2.15 bits per heavy atom. The maximum Gasteiger partial charge on any atom is 0.307 e. The molecule has 9 heteroatoms. The highest BCUT2D eigenvalue weighted by Crippen LogP contribution is 2.20. The highest BCUT2D eigenvalue weighted by molar-refractivity contribution is 7.91. The fourth-order valence-electron chi connectivity index (χ4n) is 3.16. The van der Waals surface area contributed by atoms with E-state index in [0.29, 0.717) is 39.5 Å². The van der Waals surface area contributed by atoms with Crippen LogP contribution in [0.3, 0.4) is 0 Å². The van der Waals surface area contributed by atoms with Crippen LogP contribution in [0.2, 0.25) is 0 Å². The van der Waals surface area contributed by atoms with Gasteiger partial charge in [0.25, 0.3) is 0 Å². The van der Waals surface area contributed by atoms with Gasteiger partial charge in [-0.2, -0.15) is 0 Å². The molecule has 1 aliphatic heterocycles. The quantitative estimate of drug-likeness (QED) is 0.550. The predicted molar refractivity (Wildman–Crippen MR) is 101 cm³/mol. The van der Waals surface area contributed by atoms with Crippen molar-refractivity contribution in [3.63, 3.8) is 0 Å². The van der Waals surface area contributed by atoms with Crippen molar-refractivity contribution in [2.75, 3.05) is 32.1 Å². The smallest absolute Gasteiger partial charge is 0.307 e. The number of morpholine rings is 1. The van der Waals surface area contributed by atoms with Crippen molar-refractivity contribution >= 4 is 15.8 Å². The summed E-state index contributed by atoms with van der Waals surface area (Å²) < 4.78 is 37.2. The second-order valence-electron chi connectivity index (χ2n) is 6.65. The molecule has 0 N–H and O–H groups in total. The molecule has 2 rings (SSSR count). The number of hydrogen-bond acceptors (Lipinski definition) is 7. The number of nitrogens with zero attached hydrogens (tertiary/aromatic N) is 3. The first-order valence-corrected chi connectivity index (χ1v) is 11.3. The van der Waals surface area contributed by atoms with Crippen molar-refractivity contribution in [3.05, 3.63) is 11.9 Å². The van der Waals surface area contributed by atoms with Gasteiger partial charge in [0.2, 0.25) is 15.0 Å². The van der Waals surface area contributed by atoms with Gasteiger partial charge in [-0.05, 0) is 13.3 Å². The number of sulfone groups is 1. The number of rotatable bonds is 10. The average molecular weight is 402 g/mol. The first-order chi connectivity index (χ1) is 12.9. The first-order valence-electron chi connectivity index (χ1n) is 9.67. The van der Waals surface area contributed by atoms with E-state index >= 15 is 0 Å². The number of esters is 1. The molecule has 1 fully saturated rings. The highest BCUT2D eigenvalue weighted by atomic mass is 32.2. The monoisotopic (exact) mass is 401 g/mol. The molecule has 2 heterocycles. The van der Waals surface area contributed by atoms with Crippen LogP contribution in [0.4, 0.5) is 0 Å². The summed E-state index contributed by atoms with van der Waals surface area (Å²) in [5, 5.41) is 0.142. The second kappa shape index (κ2) is 10.2. The van der Waals surface area contributed by atoms with E-state index in [1.54, 1.807) is 20.0 Å². The molecule has 0 aromatic carbocycles. The number of aromatic nitrogens is 2. The van der Waals surface area contributed by atoms with E-state index in [1.165, 1.54) is 0 Å². The number of carbonyl (C=O) groups is 1. The van der Waals surface area contributed by atoms with Crippen molar-refractivity contribution in [2.45, 2.75) is 64.3 Å². The van der Waals surface area contributed by atoms with Crippen LogP contribution in [0.25, 0.3) is 0 Å². The average Bonchev–Trinajstić information content (AvgIpc) is 3.05. The molecule has 1 unspecified atom stereocenters. The lowest BCUT2D eigenvalue weighted by Gasteiger charge is -2.35. The van der Waals surface area contributed by atoms with Crippen LogP contribution in [0, 0.1) is 0 Å². The van der Waals surface area contributed by atoms with Gasteiger partial charge in [-0.3, -0.25) is 9.69 Å². The fourth-order valence-corrected chi connectivity index (χ4v) is 4.17. The van der Waals surface area contributed by atoms with Crippen molar-refractivity contribution in [3.8, 4) is 0 Å². The zero-order chi connectivity index (χ0) is 19.9. The summed E-state index contributed by atoms with van der Waals surface area (Å²) in [6, 6.07) is -0.0847. The van der Waals surface area contributed by atoms with Gasteiger partial charge in [0.1, 0.15) is 0 Å². The molecule has 154 valence electrons. The van der Waals surface area contributed by atoms with E-state index in [0.717, 1.165) is 18.5 Å². The van der Waals surface area contributed by atoms with Crippen molar-refractivity contribution in [2.24, 2.45) is 0 Å². The van der Waals surface area contributed by atoms with Gasteiger partial charge in [0.15, 0.2) is 0 Å². The van der Waals surface area contributed by atoms with E-state index in [-0.39, 0.29) is 29.3 Å². The summed E-state index contributed by atoms with van der Waals surface area (Å²) in [5.41, 5.74) is 0.853. The maximum atomic E-state index is 12.4. The third kappa shape index (κ3) is 5.76. The second-order valence-corrected chi connectivity index (χ2v) is 8.82. The molecule has 0 radical (unpaired) electrons. The lowest BCUT2D eigenvalue weighted by Crippen LogP contribution is -2.46. The van der Waals surface area contributed by atoms with Crippen LogP contribution in [-0.2, 0) is 37.2 Å². The summed E-state index contributed by atoms with van der Waals surface area (Å²) in [6.07, 6.45) is 3.75. The predicted octanol–water partition coefficient (Wildman–Crippen LogP) is 1.63. The molecule has 27 heavy (non-hydrogen) atoms. The van der Waals surface area contributed by atoms with Gasteiger partial charge in [0.05, 0.1) is 43.9 Å². The van der Waals surface area contributed by atoms with Crippen LogP contribution in [0.15, 0.2) is 11.4 Å². The molecule has 1 atom stereocenters. The van der Waals surface area contributed by atoms with E-state index in [1.807, 2.05) is 4.57 Å². The van der Waals surface area contributed by atoms with Gasteiger partial charge in [-0.1, -0.05) is 20.3 Å². The number of unbranched alkanes of at least 4 members (excludes halogenated alkanes) is 1. The lowest BCUT2D eigenvalue weighted by molar-refractivity contribution is -0.146. The molecule has 0 aliphatic carbocycles. The first kappa shape index (κ1) is 21.8. The van der Waals surface area contributed by atoms with Gasteiger partial charge in [-0.25, -0.2) is 13.4 Å². The van der Waals surface area contributed by atoms with Gasteiger partial charge < -0.3 is 14.0 Å². The highest BCUT2D eigenvalue weighted by Gasteiger charge is 2.28. The maximum absolute atomic E-state index is 12.4. The number of carbonyl (C=O) groups excluding carboxylic acids is 1. The fraction of sp³-hybridized carbons (Fsp3) is 0.778. The Balaban J connectivity index is 2.21. The molecule has 8 nitrogen and oxygen atoms in total. The molecular formula is C18H31N3O5S. The normalized spacial score (nSPS) is 18.6. The zero-order valence-corrected chi connectivity index (χ0v) is 17.3. The van der Waals surface area contributed by atoms with E-state index < -0.39 is 9.84 Å². The van der Waals surface area contributed by atoms with E-state index in [4.69, 9.17) is 9.47 Å². The summed E-state index contributed by atoms with van der Waals surface area (Å²) in [7, 11) is -3.38. The molecule has 0 spiro atoms. The Morgan fingerprint density at radius 3 is 2.81 bits per heavy atom. The van der Waals surface area contributed by atoms with Crippen LogP contribution < -0.4 is 0 Å². The molecule has 0 bridgehead atoms. The topological polar surface area (TPSA) is 90.7 Å². The molecule has 0 amide bonds. The van der Waals surface area contributed by atoms with E-state index in [9.17, 15) is 13.2 Å². The lowest BCUT2D eigenvalue weighted by atomic mass is 10.1. The van der Waals surface area contributed by atoms with Gasteiger partial charge in [0, 0.05) is 25.7 Å². The number of imidazole rings is 1. The van der Waals surface area contributed by atoms with Crippen LogP contribution in [0.5, 0.6) is 0 Å². The molecule has 1 saturated heterocycles. The minimum absolute atomic E-state index is 0.0264. The standard InChI is InChI=1S/C18H31N3O5S/c1-4-7-8-21-16(12-19-18(21)27(23,24)6-3)13-20-9-10-25-14-15(20)11-17(22)26-5-2/h12,15H,4-11,13-14H2,1-3H3. The Bertz CT molecular complexity index is 717.